The van der Waals surface area contributed by atoms with E-state index in [1.807, 2.05) is 6.26 Å². The van der Waals surface area contributed by atoms with Crippen molar-refractivity contribution in [1.29, 1.82) is 0 Å². The molecule has 1 heterocycles. The average molecular weight is 328 g/mol. The number of nitro groups is 1. The molecule has 0 radical (unpaired) electrons. The molecule has 20 heavy (non-hydrogen) atoms. The fraction of sp³-hybridized carbons (Fsp3) is 0.273. The summed E-state index contributed by atoms with van der Waals surface area (Å²) in [6, 6.07) is 5.08. The first-order valence-corrected chi connectivity index (χ1v) is 8.62. The maximum atomic E-state index is 10.8. The summed E-state index contributed by atoms with van der Waals surface area (Å²) in [5.41, 5.74) is 1.61. The molecule has 1 aromatic heterocycles. The van der Waals surface area contributed by atoms with E-state index < -0.39 is 4.92 Å². The highest BCUT2D eigenvalue weighted by Crippen LogP contribution is 2.31. The minimum absolute atomic E-state index is 0.0850. The van der Waals surface area contributed by atoms with Crippen molar-refractivity contribution >= 4 is 46.2 Å². The van der Waals surface area contributed by atoms with Gasteiger partial charge in [0.1, 0.15) is 5.69 Å². The van der Waals surface area contributed by atoms with E-state index in [9.17, 15) is 10.1 Å². The number of hydrogen-bond donors (Lipinski definition) is 1. The molecule has 9 heteroatoms. The summed E-state index contributed by atoms with van der Waals surface area (Å²) >= 11 is 4.70. The van der Waals surface area contributed by atoms with Gasteiger partial charge in [-0.2, -0.15) is 0 Å². The van der Waals surface area contributed by atoms with Crippen LogP contribution in [-0.4, -0.2) is 28.4 Å². The number of nitrogens with zero attached hydrogens (tertiary/aromatic N) is 3. The lowest BCUT2D eigenvalue weighted by atomic mass is 10.2. The molecule has 1 aromatic carbocycles. The number of hydrogen-bond acceptors (Lipinski definition) is 8. The van der Waals surface area contributed by atoms with Crippen LogP contribution >= 0.6 is 34.9 Å². The highest BCUT2D eigenvalue weighted by atomic mass is 32.2. The Labute approximate surface area is 128 Å². The van der Waals surface area contributed by atoms with Crippen molar-refractivity contribution in [3.05, 3.63) is 33.9 Å². The molecule has 0 spiro atoms. The summed E-state index contributed by atoms with van der Waals surface area (Å²) in [7, 11) is 1.68. The molecule has 0 saturated heterocycles. The fourth-order valence-corrected chi connectivity index (χ4v) is 3.90. The number of aromatic nitrogens is 2. The van der Waals surface area contributed by atoms with Crippen LogP contribution in [0.2, 0.25) is 0 Å². The Kier molecular flexibility index (Phi) is 5.21. The molecule has 2 aromatic rings. The van der Waals surface area contributed by atoms with Crippen LogP contribution in [-0.2, 0) is 5.75 Å². The lowest BCUT2D eigenvalue weighted by Crippen LogP contribution is -1.97. The molecule has 0 aliphatic heterocycles. The van der Waals surface area contributed by atoms with E-state index in [0.29, 0.717) is 11.4 Å². The quantitative estimate of drug-likeness (QED) is 0.494. The zero-order valence-corrected chi connectivity index (χ0v) is 13.3. The van der Waals surface area contributed by atoms with Crippen LogP contribution < -0.4 is 5.32 Å². The van der Waals surface area contributed by atoms with Gasteiger partial charge in [-0.1, -0.05) is 40.9 Å². The Morgan fingerprint density at radius 2 is 2.15 bits per heavy atom. The number of nitro benzene ring substituents is 1. The second-order valence-electron chi connectivity index (χ2n) is 3.69. The predicted octanol–water partition coefficient (Wildman–Crippen LogP) is 3.50. The zero-order chi connectivity index (χ0) is 14.5. The van der Waals surface area contributed by atoms with Gasteiger partial charge >= 0.3 is 0 Å². The zero-order valence-electron chi connectivity index (χ0n) is 10.8. The van der Waals surface area contributed by atoms with E-state index in [0.717, 1.165) is 14.2 Å². The molecule has 2 rings (SSSR count). The van der Waals surface area contributed by atoms with E-state index >= 15 is 0 Å². The molecular weight excluding hydrogens is 316 g/mol. The second kappa shape index (κ2) is 6.91. The summed E-state index contributed by atoms with van der Waals surface area (Å²) in [5, 5.41) is 21.8. The third-order valence-electron chi connectivity index (χ3n) is 2.45. The van der Waals surface area contributed by atoms with Gasteiger partial charge in [-0.05, 0) is 17.9 Å². The minimum atomic E-state index is -0.391. The van der Waals surface area contributed by atoms with Crippen molar-refractivity contribution in [3.63, 3.8) is 0 Å². The summed E-state index contributed by atoms with van der Waals surface area (Å²) in [6.45, 7) is 0. The predicted molar refractivity (Wildman–Crippen MR) is 83.9 cm³/mol. The molecule has 0 aliphatic rings. The number of benzene rings is 1. The van der Waals surface area contributed by atoms with Crippen LogP contribution in [0.5, 0.6) is 0 Å². The van der Waals surface area contributed by atoms with E-state index in [-0.39, 0.29) is 5.69 Å². The standard InChI is InChI=1S/C11H12N4O2S3/c1-12-8-5-7(3-4-9(8)15(16)17)6-19-11-14-13-10(18-2)20-11/h3-5,12H,6H2,1-2H3. The average Bonchev–Trinajstić information content (AvgIpc) is 2.92. The van der Waals surface area contributed by atoms with Gasteiger partial charge in [0.15, 0.2) is 8.68 Å². The molecule has 0 amide bonds. The monoisotopic (exact) mass is 328 g/mol. The Bertz CT molecular complexity index is 617. The fourth-order valence-electron chi connectivity index (χ4n) is 1.52. The molecule has 0 fully saturated rings. The smallest absolute Gasteiger partial charge is 0.292 e. The SMILES string of the molecule is CNc1cc(CSc2nnc(SC)s2)ccc1[N+](=O)[O-]. The van der Waals surface area contributed by atoms with Crippen molar-refractivity contribution in [2.45, 2.75) is 14.4 Å². The summed E-state index contributed by atoms with van der Waals surface area (Å²) < 4.78 is 1.84. The van der Waals surface area contributed by atoms with Crippen molar-refractivity contribution in [2.24, 2.45) is 0 Å². The Morgan fingerprint density at radius 3 is 2.75 bits per heavy atom. The largest absolute Gasteiger partial charge is 0.383 e. The number of thioether (sulfide) groups is 2. The molecule has 0 bridgehead atoms. The van der Waals surface area contributed by atoms with Gasteiger partial charge in [0.25, 0.3) is 5.69 Å². The number of rotatable bonds is 6. The van der Waals surface area contributed by atoms with Crippen LogP contribution in [0, 0.1) is 10.1 Å². The Balaban J connectivity index is 2.08. The van der Waals surface area contributed by atoms with Gasteiger partial charge in [0, 0.05) is 18.9 Å². The van der Waals surface area contributed by atoms with Crippen LogP contribution in [0.15, 0.2) is 26.9 Å². The topological polar surface area (TPSA) is 81.0 Å². The molecule has 106 valence electrons. The lowest BCUT2D eigenvalue weighted by molar-refractivity contribution is -0.383. The normalized spacial score (nSPS) is 10.5. The van der Waals surface area contributed by atoms with Crippen molar-refractivity contribution in [1.82, 2.24) is 10.2 Å². The van der Waals surface area contributed by atoms with E-state index in [1.165, 1.54) is 6.07 Å². The Hall–Kier alpha value is -1.32. The summed E-state index contributed by atoms with van der Waals surface area (Å²) in [4.78, 5) is 10.5. The lowest BCUT2D eigenvalue weighted by Gasteiger charge is -2.04. The van der Waals surface area contributed by atoms with Crippen LogP contribution in [0.1, 0.15) is 5.56 Å². The molecule has 1 N–H and O–H groups in total. The minimum Gasteiger partial charge on any atom is -0.383 e. The molecule has 0 atom stereocenters. The van der Waals surface area contributed by atoms with Gasteiger partial charge in [0.2, 0.25) is 0 Å². The second-order valence-corrected chi connectivity index (χ2v) is 6.94. The van der Waals surface area contributed by atoms with Gasteiger partial charge < -0.3 is 5.32 Å². The molecular formula is C11H12N4O2S3. The van der Waals surface area contributed by atoms with Crippen molar-refractivity contribution < 1.29 is 4.92 Å². The number of nitrogens with one attached hydrogen (secondary N) is 1. The highest BCUT2D eigenvalue weighted by molar-refractivity contribution is 8.02. The van der Waals surface area contributed by atoms with E-state index in [2.05, 4.69) is 15.5 Å². The Morgan fingerprint density at radius 1 is 1.40 bits per heavy atom. The molecule has 0 unspecified atom stereocenters. The van der Waals surface area contributed by atoms with Crippen molar-refractivity contribution in [3.8, 4) is 0 Å². The first kappa shape index (κ1) is 15.1. The third kappa shape index (κ3) is 3.62. The van der Waals surface area contributed by atoms with Crippen LogP contribution in [0.4, 0.5) is 11.4 Å². The van der Waals surface area contributed by atoms with Crippen LogP contribution in [0.25, 0.3) is 0 Å². The van der Waals surface area contributed by atoms with Gasteiger partial charge in [-0.25, -0.2) is 0 Å². The first-order chi connectivity index (χ1) is 9.63. The first-order valence-electron chi connectivity index (χ1n) is 5.59. The molecule has 6 nitrogen and oxygen atoms in total. The van der Waals surface area contributed by atoms with Gasteiger partial charge in [-0.15, -0.1) is 10.2 Å². The third-order valence-corrected chi connectivity index (χ3v) is 5.56. The maximum absolute atomic E-state index is 10.8. The highest BCUT2D eigenvalue weighted by Gasteiger charge is 2.13. The summed E-state index contributed by atoms with van der Waals surface area (Å²) in [6.07, 6.45) is 1.96. The van der Waals surface area contributed by atoms with Gasteiger partial charge in [-0.3, -0.25) is 10.1 Å². The molecule has 0 saturated carbocycles. The van der Waals surface area contributed by atoms with E-state index in [4.69, 9.17) is 0 Å². The number of anilines is 1. The summed E-state index contributed by atoms with van der Waals surface area (Å²) in [5.74, 6) is 0.704. The van der Waals surface area contributed by atoms with Crippen LogP contribution in [0.3, 0.4) is 0 Å². The van der Waals surface area contributed by atoms with E-state index in [1.54, 1.807) is 54.0 Å². The maximum Gasteiger partial charge on any atom is 0.292 e. The van der Waals surface area contributed by atoms with Crippen molar-refractivity contribution in [2.75, 3.05) is 18.6 Å². The molecule has 0 aliphatic carbocycles. The van der Waals surface area contributed by atoms with Gasteiger partial charge in [0.05, 0.1) is 4.92 Å².